The molecule has 0 fully saturated rings. The van der Waals surface area contributed by atoms with Crippen molar-refractivity contribution in [2.24, 2.45) is 0 Å². The van der Waals surface area contributed by atoms with E-state index in [1.54, 1.807) is 10.8 Å². The smallest absolute Gasteiger partial charge is 0.419 e. The van der Waals surface area contributed by atoms with Crippen molar-refractivity contribution in [3.05, 3.63) is 82.8 Å². The monoisotopic (exact) mass is 466 g/mol. The van der Waals surface area contributed by atoms with Crippen LogP contribution in [0.4, 0.5) is 21.9 Å². The molecule has 7 heteroatoms. The Kier molecular flexibility index (Phi) is 5.06. The number of aromatic nitrogens is 2. The number of rotatable bonds is 6. The third-order valence-electron chi connectivity index (χ3n) is 6.99. The summed E-state index contributed by atoms with van der Waals surface area (Å²) in [5.41, 5.74) is 8.83. The predicted molar refractivity (Wildman–Crippen MR) is 136 cm³/mol. The first-order chi connectivity index (χ1) is 17.0. The van der Waals surface area contributed by atoms with Crippen molar-refractivity contribution in [1.29, 1.82) is 0 Å². The largest absolute Gasteiger partial charge is 0.441 e. The fourth-order valence-electron chi connectivity index (χ4n) is 5.21. The topological polar surface area (TPSA) is 85.2 Å². The molecule has 2 aliphatic rings. The van der Waals surface area contributed by atoms with Crippen LogP contribution in [0.25, 0.3) is 10.9 Å². The Hall–Kier alpha value is -4.13. The van der Waals surface area contributed by atoms with Crippen LogP contribution in [-0.2, 0) is 17.6 Å². The first kappa shape index (κ1) is 21.4. The maximum Gasteiger partial charge on any atom is 0.419 e. The zero-order chi connectivity index (χ0) is 24.1. The van der Waals surface area contributed by atoms with Crippen LogP contribution in [0, 0.1) is 6.92 Å². The maximum absolute atomic E-state index is 12.4. The van der Waals surface area contributed by atoms with Crippen LogP contribution < -0.4 is 10.6 Å². The van der Waals surface area contributed by atoms with Crippen molar-refractivity contribution in [1.82, 2.24) is 9.55 Å². The van der Waals surface area contributed by atoms with Crippen molar-refractivity contribution < 1.29 is 14.3 Å². The molecule has 1 atom stereocenters. The van der Waals surface area contributed by atoms with Gasteiger partial charge in [-0.1, -0.05) is 18.2 Å². The number of aryl methyl sites for hydroxylation is 1. The van der Waals surface area contributed by atoms with Gasteiger partial charge < -0.3 is 15.4 Å². The SMILES string of the molecule is Cc1cc(Nc2ccnc3c2CCC3=O)ccc1NCCc1cn2c3c(cccc13)C(C)OC2=O. The summed E-state index contributed by atoms with van der Waals surface area (Å²) in [4.78, 5) is 28.6. The molecule has 0 saturated carbocycles. The Morgan fingerprint density at radius 2 is 2.00 bits per heavy atom. The Morgan fingerprint density at radius 1 is 1.11 bits per heavy atom. The van der Waals surface area contributed by atoms with E-state index in [9.17, 15) is 9.59 Å². The third-order valence-corrected chi connectivity index (χ3v) is 6.99. The van der Waals surface area contributed by atoms with Gasteiger partial charge in [-0.3, -0.25) is 14.3 Å². The molecule has 0 saturated heterocycles. The van der Waals surface area contributed by atoms with Gasteiger partial charge in [-0.05, 0) is 62.1 Å². The van der Waals surface area contributed by atoms with Gasteiger partial charge in [0.1, 0.15) is 11.8 Å². The summed E-state index contributed by atoms with van der Waals surface area (Å²) >= 11 is 0. The number of Topliss-reactive ketones (excluding diaryl/α,β-unsaturated/α-hetero) is 1. The number of carbonyl (C=O) groups excluding carboxylic acids is 2. The second-order valence-corrected chi connectivity index (χ2v) is 9.23. The minimum Gasteiger partial charge on any atom is -0.441 e. The first-order valence-electron chi connectivity index (χ1n) is 12.0. The molecular weight excluding hydrogens is 440 g/mol. The minimum atomic E-state index is -0.316. The molecule has 3 heterocycles. The van der Waals surface area contributed by atoms with Crippen molar-refractivity contribution in [2.45, 2.75) is 39.2 Å². The number of para-hydroxylation sites is 1. The van der Waals surface area contributed by atoms with E-state index in [0.717, 1.165) is 69.6 Å². The zero-order valence-electron chi connectivity index (χ0n) is 19.7. The molecule has 35 heavy (non-hydrogen) atoms. The Morgan fingerprint density at radius 3 is 2.86 bits per heavy atom. The van der Waals surface area contributed by atoms with Crippen LogP contribution in [-0.4, -0.2) is 28.0 Å². The fraction of sp³-hybridized carbons (Fsp3) is 0.250. The Bertz CT molecular complexity index is 1500. The molecule has 0 amide bonds. The quantitative estimate of drug-likeness (QED) is 0.366. The van der Waals surface area contributed by atoms with Crippen LogP contribution in [0.15, 0.2) is 54.9 Å². The zero-order valence-corrected chi connectivity index (χ0v) is 19.7. The van der Waals surface area contributed by atoms with Gasteiger partial charge in [0.15, 0.2) is 5.78 Å². The van der Waals surface area contributed by atoms with Gasteiger partial charge in [0.05, 0.1) is 5.52 Å². The number of nitrogens with one attached hydrogen (secondary N) is 2. The Labute approximate surface area is 203 Å². The van der Waals surface area contributed by atoms with E-state index in [-0.39, 0.29) is 18.0 Å². The number of pyridine rings is 1. The molecule has 2 N–H and O–H groups in total. The number of carbonyl (C=O) groups is 2. The summed E-state index contributed by atoms with van der Waals surface area (Å²) in [6, 6.07) is 14.3. The van der Waals surface area contributed by atoms with Gasteiger partial charge >= 0.3 is 6.09 Å². The summed E-state index contributed by atoms with van der Waals surface area (Å²) in [7, 11) is 0. The van der Waals surface area contributed by atoms with Crippen LogP contribution in [0.3, 0.4) is 0 Å². The second-order valence-electron chi connectivity index (χ2n) is 9.23. The normalized spacial score (nSPS) is 16.3. The predicted octanol–water partition coefficient (Wildman–Crippen LogP) is 5.93. The lowest BCUT2D eigenvalue weighted by molar-refractivity contribution is 0.0989. The van der Waals surface area contributed by atoms with E-state index in [1.807, 2.05) is 37.4 Å². The van der Waals surface area contributed by atoms with Gasteiger partial charge in [-0.2, -0.15) is 0 Å². The summed E-state index contributed by atoms with van der Waals surface area (Å²) < 4.78 is 7.11. The molecule has 0 spiro atoms. The molecule has 0 bridgehead atoms. The molecule has 0 radical (unpaired) electrons. The lowest BCUT2D eigenvalue weighted by atomic mass is 10.0. The molecule has 4 aromatic rings. The summed E-state index contributed by atoms with van der Waals surface area (Å²) in [6.07, 6.45) is 5.09. The fourth-order valence-corrected chi connectivity index (χ4v) is 5.21. The first-order valence-corrected chi connectivity index (χ1v) is 12.0. The van der Waals surface area contributed by atoms with Crippen molar-refractivity contribution in [2.75, 3.05) is 17.2 Å². The molecule has 2 aromatic carbocycles. The van der Waals surface area contributed by atoms with E-state index in [2.05, 4.69) is 40.7 Å². The third kappa shape index (κ3) is 3.64. The number of ether oxygens (including phenoxy) is 1. The minimum absolute atomic E-state index is 0.117. The highest BCUT2D eigenvalue weighted by atomic mass is 16.6. The number of cyclic esters (lactones) is 1. The van der Waals surface area contributed by atoms with Crippen molar-refractivity contribution in [3.8, 4) is 0 Å². The molecule has 1 aliphatic heterocycles. The van der Waals surface area contributed by atoms with Gasteiger partial charge in [-0.15, -0.1) is 0 Å². The second kappa shape index (κ2) is 8.27. The number of fused-ring (bicyclic) bond motifs is 1. The highest BCUT2D eigenvalue weighted by Gasteiger charge is 2.27. The number of hydrogen-bond donors (Lipinski definition) is 2. The molecule has 1 aliphatic carbocycles. The van der Waals surface area contributed by atoms with E-state index in [0.29, 0.717) is 12.1 Å². The maximum atomic E-state index is 12.4. The van der Waals surface area contributed by atoms with Crippen molar-refractivity contribution in [3.63, 3.8) is 0 Å². The summed E-state index contributed by atoms with van der Waals surface area (Å²) in [5, 5.41) is 8.09. The standard InChI is InChI=1S/C28H26N4O3/c1-16-14-19(31-24-11-13-30-26-22(24)7-9-25(26)33)6-8-23(16)29-12-10-18-15-32-27-20(4-3-5-21(18)27)17(2)35-28(32)34/h3-6,8,11,13-15,17,29H,7,9-10,12H2,1-2H3,(H,30,31). The lowest BCUT2D eigenvalue weighted by Crippen LogP contribution is -2.21. The number of hydrogen-bond acceptors (Lipinski definition) is 6. The molecule has 2 aromatic heterocycles. The van der Waals surface area contributed by atoms with Gasteiger partial charge in [0.2, 0.25) is 0 Å². The molecule has 1 unspecified atom stereocenters. The van der Waals surface area contributed by atoms with E-state index < -0.39 is 0 Å². The average Bonchev–Trinajstić information content (AvgIpc) is 3.41. The Balaban J connectivity index is 1.16. The molecule has 6 rings (SSSR count). The summed E-state index contributed by atoms with van der Waals surface area (Å²) in [6.45, 7) is 4.72. The lowest BCUT2D eigenvalue weighted by Gasteiger charge is -2.21. The van der Waals surface area contributed by atoms with E-state index in [4.69, 9.17) is 4.74 Å². The number of benzene rings is 2. The highest BCUT2D eigenvalue weighted by Crippen LogP contribution is 2.35. The number of nitrogens with zero attached hydrogens (tertiary/aromatic N) is 2. The number of anilines is 3. The highest BCUT2D eigenvalue weighted by molar-refractivity contribution is 6.00. The molecule has 176 valence electrons. The van der Waals surface area contributed by atoms with Gasteiger partial charge in [0.25, 0.3) is 0 Å². The van der Waals surface area contributed by atoms with Gasteiger partial charge in [0, 0.05) is 58.9 Å². The van der Waals surface area contributed by atoms with Gasteiger partial charge in [-0.25, -0.2) is 4.79 Å². The number of ketones is 1. The van der Waals surface area contributed by atoms with Crippen LogP contribution in [0.2, 0.25) is 0 Å². The van der Waals surface area contributed by atoms with Crippen molar-refractivity contribution >= 4 is 39.8 Å². The molecular formula is C28H26N4O3. The van der Waals surface area contributed by atoms with Crippen LogP contribution >= 0.6 is 0 Å². The van der Waals surface area contributed by atoms with Crippen LogP contribution in [0.5, 0.6) is 0 Å². The van der Waals surface area contributed by atoms with E-state index in [1.165, 1.54) is 0 Å². The van der Waals surface area contributed by atoms with Crippen LogP contribution in [0.1, 0.15) is 52.2 Å². The molecule has 7 nitrogen and oxygen atoms in total. The summed E-state index contributed by atoms with van der Waals surface area (Å²) in [5.74, 6) is 0.117. The van der Waals surface area contributed by atoms with E-state index >= 15 is 0 Å². The average molecular weight is 467 g/mol.